The third-order valence-electron chi connectivity index (χ3n) is 2.49. The van der Waals surface area contributed by atoms with Crippen LogP contribution in [-0.2, 0) is 0 Å². The smallest absolute Gasteiger partial charge is 0.121 e. The van der Waals surface area contributed by atoms with E-state index in [9.17, 15) is 5.11 Å². The molecule has 2 aromatic rings. The highest BCUT2D eigenvalue weighted by Crippen LogP contribution is 2.29. The van der Waals surface area contributed by atoms with Crippen LogP contribution in [0, 0.1) is 0 Å². The van der Waals surface area contributed by atoms with Gasteiger partial charge < -0.3 is 10.8 Å². The van der Waals surface area contributed by atoms with Gasteiger partial charge in [-0.05, 0) is 17.7 Å². The van der Waals surface area contributed by atoms with Gasteiger partial charge in [0.15, 0.2) is 0 Å². The minimum atomic E-state index is -0.297. The van der Waals surface area contributed by atoms with Crippen molar-refractivity contribution in [1.29, 1.82) is 0 Å². The van der Waals surface area contributed by atoms with Gasteiger partial charge in [0.25, 0.3) is 0 Å². The lowest BCUT2D eigenvalue weighted by atomic mass is 9.99. The molecule has 0 saturated heterocycles. The molecule has 82 valence electrons. The average Bonchev–Trinajstić information content (AvgIpc) is 2.29. The summed E-state index contributed by atoms with van der Waals surface area (Å²) in [7, 11) is 0. The number of aromatic hydroxyl groups is 1. The van der Waals surface area contributed by atoms with Crippen molar-refractivity contribution >= 4 is 15.9 Å². The molecule has 16 heavy (non-hydrogen) atoms. The van der Waals surface area contributed by atoms with Crippen LogP contribution in [0.2, 0.25) is 0 Å². The van der Waals surface area contributed by atoms with Crippen LogP contribution in [0.25, 0.3) is 0 Å². The Labute approximate surface area is 103 Å². The standard InChI is InChI=1S/C13H12BrNO/c14-10-6-7-11(12(16)8-10)13(15)9-4-2-1-3-5-9/h1-8,13,16H,15H2. The second-order valence-corrected chi connectivity index (χ2v) is 4.51. The maximum Gasteiger partial charge on any atom is 0.121 e. The van der Waals surface area contributed by atoms with Crippen molar-refractivity contribution < 1.29 is 5.11 Å². The van der Waals surface area contributed by atoms with Crippen molar-refractivity contribution in [1.82, 2.24) is 0 Å². The SMILES string of the molecule is NC(c1ccccc1)c1ccc(Br)cc1O. The topological polar surface area (TPSA) is 46.2 Å². The molecule has 2 nitrogen and oxygen atoms in total. The average molecular weight is 278 g/mol. The number of benzene rings is 2. The van der Waals surface area contributed by atoms with Crippen LogP contribution in [0.5, 0.6) is 5.75 Å². The van der Waals surface area contributed by atoms with Gasteiger partial charge in [-0.2, -0.15) is 0 Å². The van der Waals surface area contributed by atoms with Crippen molar-refractivity contribution in [2.24, 2.45) is 5.73 Å². The summed E-state index contributed by atoms with van der Waals surface area (Å²) in [6, 6.07) is 14.8. The summed E-state index contributed by atoms with van der Waals surface area (Å²) in [5, 5.41) is 9.81. The normalized spacial score (nSPS) is 12.4. The van der Waals surface area contributed by atoms with Gasteiger partial charge in [-0.25, -0.2) is 0 Å². The number of rotatable bonds is 2. The predicted molar refractivity (Wildman–Crippen MR) is 68.3 cm³/mol. The summed E-state index contributed by atoms with van der Waals surface area (Å²) in [6.07, 6.45) is 0. The zero-order valence-electron chi connectivity index (χ0n) is 8.60. The number of phenols is 1. The number of hydrogen-bond acceptors (Lipinski definition) is 2. The van der Waals surface area contributed by atoms with Crippen LogP contribution < -0.4 is 5.73 Å². The molecule has 2 rings (SSSR count). The first-order valence-electron chi connectivity index (χ1n) is 4.97. The van der Waals surface area contributed by atoms with E-state index < -0.39 is 0 Å². The Hall–Kier alpha value is -1.32. The van der Waals surface area contributed by atoms with E-state index in [2.05, 4.69) is 15.9 Å². The van der Waals surface area contributed by atoms with Gasteiger partial charge in [0.1, 0.15) is 5.75 Å². The second-order valence-electron chi connectivity index (χ2n) is 3.59. The van der Waals surface area contributed by atoms with E-state index in [1.165, 1.54) is 0 Å². The Bertz CT molecular complexity index is 485. The van der Waals surface area contributed by atoms with E-state index in [1.807, 2.05) is 42.5 Å². The fourth-order valence-electron chi connectivity index (χ4n) is 1.62. The van der Waals surface area contributed by atoms with Gasteiger partial charge >= 0.3 is 0 Å². The van der Waals surface area contributed by atoms with E-state index in [-0.39, 0.29) is 11.8 Å². The molecular weight excluding hydrogens is 266 g/mol. The number of hydrogen-bond donors (Lipinski definition) is 2. The predicted octanol–water partition coefficient (Wildman–Crippen LogP) is 3.20. The van der Waals surface area contributed by atoms with E-state index in [4.69, 9.17) is 5.73 Å². The minimum absolute atomic E-state index is 0.214. The molecule has 3 N–H and O–H groups in total. The van der Waals surface area contributed by atoms with Crippen LogP contribution in [-0.4, -0.2) is 5.11 Å². The van der Waals surface area contributed by atoms with Crippen LogP contribution in [0.4, 0.5) is 0 Å². The summed E-state index contributed by atoms with van der Waals surface area (Å²) in [5.41, 5.74) is 7.81. The molecule has 0 aliphatic heterocycles. The van der Waals surface area contributed by atoms with Crippen molar-refractivity contribution in [3.05, 3.63) is 64.1 Å². The van der Waals surface area contributed by atoms with Gasteiger partial charge in [0.05, 0.1) is 6.04 Å². The highest BCUT2D eigenvalue weighted by Gasteiger charge is 2.12. The van der Waals surface area contributed by atoms with E-state index in [0.717, 1.165) is 15.6 Å². The van der Waals surface area contributed by atoms with Gasteiger partial charge in [0.2, 0.25) is 0 Å². The summed E-state index contributed by atoms with van der Waals surface area (Å²) >= 11 is 3.30. The molecule has 0 radical (unpaired) electrons. The lowest BCUT2D eigenvalue weighted by Gasteiger charge is -2.14. The maximum atomic E-state index is 9.81. The van der Waals surface area contributed by atoms with Crippen molar-refractivity contribution in [3.63, 3.8) is 0 Å². The molecule has 0 fully saturated rings. The molecule has 0 aliphatic rings. The second kappa shape index (κ2) is 4.68. The fourth-order valence-corrected chi connectivity index (χ4v) is 1.97. The third kappa shape index (κ3) is 2.26. The molecule has 0 heterocycles. The van der Waals surface area contributed by atoms with E-state index in [0.29, 0.717) is 0 Å². The summed E-state index contributed by atoms with van der Waals surface area (Å²) in [6.45, 7) is 0. The molecule has 0 bridgehead atoms. The van der Waals surface area contributed by atoms with Crippen LogP contribution in [0.1, 0.15) is 17.2 Å². The van der Waals surface area contributed by atoms with Crippen LogP contribution >= 0.6 is 15.9 Å². The molecule has 1 atom stereocenters. The molecule has 0 amide bonds. The number of nitrogens with two attached hydrogens (primary N) is 1. The number of phenolic OH excluding ortho intramolecular Hbond substituents is 1. The molecule has 1 unspecified atom stereocenters. The minimum Gasteiger partial charge on any atom is -0.508 e. The Balaban J connectivity index is 2.38. The summed E-state index contributed by atoms with van der Waals surface area (Å²) < 4.78 is 0.842. The largest absolute Gasteiger partial charge is 0.508 e. The molecule has 2 aromatic carbocycles. The third-order valence-corrected chi connectivity index (χ3v) is 2.98. The Morgan fingerprint density at radius 2 is 1.75 bits per heavy atom. The van der Waals surface area contributed by atoms with Crippen molar-refractivity contribution in [3.8, 4) is 5.75 Å². The van der Waals surface area contributed by atoms with E-state index >= 15 is 0 Å². The van der Waals surface area contributed by atoms with E-state index in [1.54, 1.807) is 6.07 Å². The van der Waals surface area contributed by atoms with Crippen molar-refractivity contribution in [2.45, 2.75) is 6.04 Å². The Kier molecular flexibility index (Phi) is 3.27. The molecular formula is C13H12BrNO. The highest BCUT2D eigenvalue weighted by atomic mass is 79.9. The Morgan fingerprint density at radius 1 is 1.06 bits per heavy atom. The Morgan fingerprint density at radius 3 is 2.38 bits per heavy atom. The number of halogens is 1. The van der Waals surface area contributed by atoms with Gasteiger partial charge in [0, 0.05) is 10.0 Å². The molecule has 0 aliphatic carbocycles. The van der Waals surface area contributed by atoms with Gasteiger partial charge in [-0.1, -0.05) is 52.3 Å². The first-order chi connectivity index (χ1) is 7.68. The highest BCUT2D eigenvalue weighted by molar-refractivity contribution is 9.10. The molecule has 0 aromatic heterocycles. The maximum absolute atomic E-state index is 9.81. The lowest BCUT2D eigenvalue weighted by Crippen LogP contribution is -2.11. The van der Waals surface area contributed by atoms with Crippen LogP contribution in [0.15, 0.2) is 53.0 Å². The zero-order chi connectivity index (χ0) is 11.5. The van der Waals surface area contributed by atoms with Crippen LogP contribution in [0.3, 0.4) is 0 Å². The van der Waals surface area contributed by atoms with Gasteiger partial charge in [-0.3, -0.25) is 0 Å². The lowest BCUT2D eigenvalue weighted by molar-refractivity contribution is 0.465. The van der Waals surface area contributed by atoms with Gasteiger partial charge in [-0.15, -0.1) is 0 Å². The first-order valence-corrected chi connectivity index (χ1v) is 5.76. The first kappa shape index (κ1) is 11.2. The molecule has 3 heteroatoms. The van der Waals surface area contributed by atoms with Crippen molar-refractivity contribution in [2.75, 3.05) is 0 Å². The summed E-state index contributed by atoms with van der Waals surface area (Å²) in [4.78, 5) is 0. The molecule has 0 spiro atoms. The monoisotopic (exact) mass is 277 g/mol. The quantitative estimate of drug-likeness (QED) is 0.886. The summed E-state index contributed by atoms with van der Waals surface area (Å²) in [5.74, 6) is 0.214. The fraction of sp³-hybridized carbons (Fsp3) is 0.0769. The zero-order valence-corrected chi connectivity index (χ0v) is 10.2. The molecule has 0 saturated carbocycles.